The number of hydrogen-bond acceptors (Lipinski definition) is 2. The molecule has 1 saturated carbocycles. The first kappa shape index (κ1) is 13.2. The van der Waals surface area contributed by atoms with Crippen molar-refractivity contribution < 1.29 is 5.11 Å². The van der Waals surface area contributed by atoms with E-state index in [9.17, 15) is 5.11 Å². The van der Waals surface area contributed by atoms with E-state index in [0.29, 0.717) is 17.2 Å². The van der Waals surface area contributed by atoms with Crippen molar-refractivity contribution in [3.8, 4) is 18.1 Å². The third-order valence-corrected chi connectivity index (χ3v) is 6.23. The molecule has 1 N–H and O–H groups in total. The third kappa shape index (κ3) is 1.84. The molecule has 0 aromatic heterocycles. The van der Waals surface area contributed by atoms with Crippen LogP contribution in [0.2, 0.25) is 0 Å². The number of phenolic OH excluding ortho intramolecular Hbond substituents is 1. The molecule has 1 aromatic rings. The van der Waals surface area contributed by atoms with Crippen molar-refractivity contribution in [2.45, 2.75) is 50.0 Å². The Kier molecular flexibility index (Phi) is 3.01. The number of aromatic hydroxyl groups is 1. The molecule has 0 unspecified atom stereocenters. The summed E-state index contributed by atoms with van der Waals surface area (Å²) >= 11 is 0. The summed E-state index contributed by atoms with van der Waals surface area (Å²) in [5.41, 5.74) is 3.20. The molecule has 1 aromatic carbocycles. The van der Waals surface area contributed by atoms with Crippen molar-refractivity contribution in [3.63, 3.8) is 0 Å². The van der Waals surface area contributed by atoms with Gasteiger partial charge < -0.3 is 5.11 Å². The molecule has 3 atom stereocenters. The van der Waals surface area contributed by atoms with Gasteiger partial charge in [0.25, 0.3) is 0 Å². The number of benzene rings is 1. The van der Waals surface area contributed by atoms with Crippen molar-refractivity contribution in [1.29, 1.82) is 0 Å². The fourth-order valence-electron chi connectivity index (χ4n) is 5.39. The lowest BCUT2D eigenvalue weighted by atomic mass is 9.52. The lowest BCUT2D eigenvalue weighted by molar-refractivity contribution is -0.00416. The largest absolute Gasteiger partial charge is 0.508 e. The molecule has 0 amide bonds. The number of rotatable bonds is 1. The van der Waals surface area contributed by atoms with Crippen LogP contribution in [0.3, 0.4) is 0 Å². The number of fused-ring (bicyclic) bond motifs is 1. The number of terminal acetylenes is 1. The molecule has 0 radical (unpaired) electrons. The van der Waals surface area contributed by atoms with Gasteiger partial charge in [0.05, 0.1) is 6.54 Å². The molecule has 1 heterocycles. The van der Waals surface area contributed by atoms with Gasteiger partial charge in [0, 0.05) is 18.0 Å². The second kappa shape index (κ2) is 4.78. The predicted octanol–water partition coefficient (Wildman–Crippen LogP) is 3.08. The highest BCUT2D eigenvalue weighted by atomic mass is 16.3. The SMILES string of the molecule is C#CCN1CC[C@]23CCCC[C@H]2[C@@H]1Cc1ccc(O)cc13. The zero-order chi connectivity index (χ0) is 14.4. The minimum atomic E-state index is 0.306. The molecule has 2 heteroatoms. The second-order valence-electron chi connectivity index (χ2n) is 7.05. The Hall–Kier alpha value is -1.46. The van der Waals surface area contributed by atoms with Crippen LogP contribution >= 0.6 is 0 Å². The average molecular weight is 281 g/mol. The van der Waals surface area contributed by atoms with E-state index in [2.05, 4.69) is 23.0 Å². The van der Waals surface area contributed by atoms with Gasteiger partial charge in [0.1, 0.15) is 5.75 Å². The highest BCUT2D eigenvalue weighted by Crippen LogP contribution is 2.56. The Morgan fingerprint density at radius 1 is 1.33 bits per heavy atom. The summed E-state index contributed by atoms with van der Waals surface area (Å²) < 4.78 is 0. The summed E-state index contributed by atoms with van der Waals surface area (Å²) in [5.74, 6) is 4.01. The van der Waals surface area contributed by atoms with Gasteiger partial charge in [0.2, 0.25) is 0 Å². The molecule has 3 aliphatic rings. The van der Waals surface area contributed by atoms with Crippen LogP contribution in [0.1, 0.15) is 43.2 Å². The topological polar surface area (TPSA) is 23.5 Å². The van der Waals surface area contributed by atoms with E-state index in [0.717, 1.165) is 25.4 Å². The van der Waals surface area contributed by atoms with Crippen molar-refractivity contribution >= 4 is 0 Å². The molecular formula is C19H23NO. The molecule has 0 spiro atoms. The van der Waals surface area contributed by atoms with Gasteiger partial charge in [-0.2, -0.15) is 0 Å². The van der Waals surface area contributed by atoms with Crippen LogP contribution in [0.25, 0.3) is 0 Å². The summed E-state index contributed by atoms with van der Waals surface area (Å²) in [6, 6.07) is 6.65. The van der Waals surface area contributed by atoms with E-state index in [1.165, 1.54) is 43.2 Å². The summed E-state index contributed by atoms with van der Waals surface area (Å²) in [7, 11) is 0. The molecule has 1 saturated heterocycles. The van der Waals surface area contributed by atoms with E-state index in [-0.39, 0.29) is 0 Å². The highest BCUT2D eigenvalue weighted by molar-refractivity contribution is 5.45. The Labute approximate surface area is 127 Å². The minimum absolute atomic E-state index is 0.306. The molecular weight excluding hydrogens is 258 g/mol. The molecule has 21 heavy (non-hydrogen) atoms. The monoisotopic (exact) mass is 281 g/mol. The normalized spacial score (nSPS) is 34.6. The van der Waals surface area contributed by atoms with E-state index < -0.39 is 0 Å². The molecule has 2 fully saturated rings. The smallest absolute Gasteiger partial charge is 0.115 e. The fraction of sp³-hybridized carbons (Fsp3) is 0.579. The maximum Gasteiger partial charge on any atom is 0.115 e. The van der Waals surface area contributed by atoms with Crippen LogP contribution in [-0.2, 0) is 11.8 Å². The van der Waals surface area contributed by atoms with Crippen molar-refractivity contribution in [2.24, 2.45) is 5.92 Å². The van der Waals surface area contributed by atoms with Crippen LogP contribution in [-0.4, -0.2) is 29.1 Å². The molecule has 110 valence electrons. The lowest BCUT2D eigenvalue weighted by Crippen LogP contribution is -2.60. The van der Waals surface area contributed by atoms with Gasteiger partial charge >= 0.3 is 0 Å². The lowest BCUT2D eigenvalue weighted by Gasteiger charge is -2.58. The maximum absolute atomic E-state index is 9.97. The van der Waals surface area contributed by atoms with Crippen LogP contribution in [0.5, 0.6) is 5.75 Å². The Bertz CT molecular complexity index is 602. The van der Waals surface area contributed by atoms with E-state index in [4.69, 9.17) is 6.42 Å². The number of likely N-dealkylation sites (tertiary alicyclic amines) is 1. The Morgan fingerprint density at radius 3 is 3.10 bits per heavy atom. The van der Waals surface area contributed by atoms with Gasteiger partial charge in [-0.05, 0) is 54.9 Å². The second-order valence-corrected chi connectivity index (χ2v) is 7.05. The van der Waals surface area contributed by atoms with Gasteiger partial charge in [-0.1, -0.05) is 24.8 Å². The first-order valence-corrected chi connectivity index (χ1v) is 8.24. The summed E-state index contributed by atoms with van der Waals surface area (Å²) in [6.07, 6.45) is 13.2. The molecule has 2 aliphatic carbocycles. The summed E-state index contributed by atoms with van der Waals surface area (Å²) in [6.45, 7) is 1.89. The van der Waals surface area contributed by atoms with Gasteiger partial charge in [-0.15, -0.1) is 6.42 Å². The van der Waals surface area contributed by atoms with Crippen LogP contribution in [0.15, 0.2) is 18.2 Å². The predicted molar refractivity (Wildman–Crippen MR) is 84.3 cm³/mol. The van der Waals surface area contributed by atoms with Gasteiger partial charge in [0.15, 0.2) is 0 Å². The van der Waals surface area contributed by atoms with Crippen molar-refractivity contribution in [1.82, 2.24) is 4.90 Å². The van der Waals surface area contributed by atoms with Gasteiger partial charge in [-0.3, -0.25) is 4.90 Å². The number of piperidine rings is 1. The van der Waals surface area contributed by atoms with E-state index >= 15 is 0 Å². The standard InChI is InChI=1S/C19H23NO/c1-2-10-20-11-9-19-8-4-3-5-16(19)18(20)12-14-6-7-15(21)13-17(14)19/h1,6-7,13,16,18,21H,3-5,8-12H2/t16-,18-,19+/m0/s1. The minimum Gasteiger partial charge on any atom is -0.508 e. The van der Waals surface area contributed by atoms with Crippen LogP contribution in [0.4, 0.5) is 0 Å². The van der Waals surface area contributed by atoms with E-state index in [1.54, 1.807) is 0 Å². The zero-order valence-electron chi connectivity index (χ0n) is 12.5. The molecule has 4 rings (SSSR count). The van der Waals surface area contributed by atoms with Crippen LogP contribution in [0, 0.1) is 18.3 Å². The molecule has 1 aliphatic heterocycles. The summed E-state index contributed by atoms with van der Waals surface area (Å²) in [4.78, 5) is 2.53. The average Bonchev–Trinajstić information content (AvgIpc) is 2.51. The number of phenols is 1. The van der Waals surface area contributed by atoms with Crippen molar-refractivity contribution in [3.05, 3.63) is 29.3 Å². The maximum atomic E-state index is 9.97. The third-order valence-electron chi connectivity index (χ3n) is 6.23. The van der Waals surface area contributed by atoms with Gasteiger partial charge in [-0.25, -0.2) is 0 Å². The summed E-state index contributed by atoms with van der Waals surface area (Å²) in [5, 5.41) is 9.97. The Morgan fingerprint density at radius 2 is 2.24 bits per heavy atom. The molecule has 2 nitrogen and oxygen atoms in total. The first-order valence-electron chi connectivity index (χ1n) is 8.24. The highest BCUT2D eigenvalue weighted by Gasteiger charge is 2.53. The van der Waals surface area contributed by atoms with Crippen LogP contribution < -0.4 is 0 Å². The van der Waals surface area contributed by atoms with Crippen molar-refractivity contribution in [2.75, 3.05) is 13.1 Å². The molecule has 2 bridgehead atoms. The Balaban J connectivity index is 1.84. The zero-order valence-corrected chi connectivity index (χ0v) is 12.5. The quantitative estimate of drug-likeness (QED) is 0.800. The van der Waals surface area contributed by atoms with E-state index in [1.807, 2.05) is 6.07 Å². The first-order chi connectivity index (χ1) is 10.2. The number of nitrogens with zero attached hydrogens (tertiary/aromatic N) is 1. The fourth-order valence-corrected chi connectivity index (χ4v) is 5.39. The number of hydrogen-bond donors (Lipinski definition) is 1.